The number of benzene rings is 1. The third-order valence-corrected chi connectivity index (χ3v) is 6.29. The number of sulfone groups is 1. The first-order valence-electron chi connectivity index (χ1n) is 8.27. The van der Waals surface area contributed by atoms with Crippen LogP contribution in [0.1, 0.15) is 42.5 Å². The van der Waals surface area contributed by atoms with Gasteiger partial charge < -0.3 is 10.0 Å². The highest BCUT2D eigenvalue weighted by Crippen LogP contribution is 2.21. The predicted molar refractivity (Wildman–Crippen MR) is 95.7 cm³/mol. The van der Waals surface area contributed by atoms with Gasteiger partial charge in [0.1, 0.15) is 0 Å². The van der Waals surface area contributed by atoms with Gasteiger partial charge in [0.2, 0.25) is 0 Å². The summed E-state index contributed by atoms with van der Waals surface area (Å²) in [6.07, 6.45) is 2.40. The van der Waals surface area contributed by atoms with Gasteiger partial charge in [-0.15, -0.1) is 0 Å². The summed E-state index contributed by atoms with van der Waals surface area (Å²) in [5.74, 6) is -0.962. The number of rotatable bonds is 8. The average molecular weight is 388 g/mol. The number of carboxylic acids is 1. The van der Waals surface area contributed by atoms with E-state index in [0.717, 1.165) is 0 Å². The molecule has 0 radical (unpaired) electrons. The molecule has 1 aliphatic heterocycles. The van der Waals surface area contributed by atoms with Gasteiger partial charge in [-0.05, 0) is 43.5 Å². The topological polar surface area (TPSA) is 91.8 Å². The van der Waals surface area contributed by atoms with E-state index in [2.05, 4.69) is 0 Å². The van der Waals surface area contributed by atoms with Crippen LogP contribution in [-0.4, -0.2) is 54.4 Å². The van der Waals surface area contributed by atoms with Crippen molar-refractivity contribution < 1.29 is 23.1 Å². The molecule has 138 valence electrons. The van der Waals surface area contributed by atoms with Crippen LogP contribution >= 0.6 is 11.6 Å². The van der Waals surface area contributed by atoms with Crippen molar-refractivity contribution in [3.05, 3.63) is 34.9 Å². The zero-order valence-corrected chi connectivity index (χ0v) is 15.4. The van der Waals surface area contributed by atoms with Gasteiger partial charge in [-0.25, -0.2) is 8.42 Å². The maximum atomic E-state index is 12.8. The molecule has 1 N–H and O–H groups in total. The molecule has 1 aromatic carbocycles. The van der Waals surface area contributed by atoms with E-state index < -0.39 is 15.8 Å². The fourth-order valence-corrected chi connectivity index (χ4v) is 4.82. The molecular formula is C17H22ClNO5S. The zero-order valence-electron chi connectivity index (χ0n) is 13.9. The molecule has 6 nitrogen and oxygen atoms in total. The molecule has 0 aliphatic carbocycles. The van der Waals surface area contributed by atoms with Crippen molar-refractivity contribution in [3.8, 4) is 0 Å². The Labute approximate surface area is 152 Å². The van der Waals surface area contributed by atoms with Crippen LogP contribution in [0.3, 0.4) is 0 Å². The summed E-state index contributed by atoms with van der Waals surface area (Å²) in [5.41, 5.74) is 0.472. The van der Waals surface area contributed by atoms with Gasteiger partial charge in [0, 0.05) is 29.6 Å². The monoisotopic (exact) mass is 387 g/mol. The molecule has 0 saturated carbocycles. The van der Waals surface area contributed by atoms with Gasteiger partial charge in [0.25, 0.3) is 5.91 Å². The third kappa shape index (κ3) is 6.01. The molecule has 1 heterocycles. The minimum atomic E-state index is -3.10. The lowest BCUT2D eigenvalue weighted by Gasteiger charge is -2.28. The predicted octanol–water partition coefficient (Wildman–Crippen LogP) is 2.61. The van der Waals surface area contributed by atoms with E-state index in [1.54, 1.807) is 29.2 Å². The lowest BCUT2D eigenvalue weighted by molar-refractivity contribution is -0.137. The van der Waals surface area contributed by atoms with Crippen molar-refractivity contribution in [2.24, 2.45) is 0 Å². The lowest BCUT2D eigenvalue weighted by Crippen LogP contribution is -2.41. The molecule has 2 rings (SSSR count). The largest absolute Gasteiger partial charge is 0.481 e. The summed E-state index contributed by atoms with van der Waals surface area (Å²) < 4.78 is 23.6. The highest BCUT2D eigenvalue weighted by molar-refractivity contribution is 7.91. The summed E-state index contributed by atoms with van der Waals surface area (Å²) in [6, 6.07) is 6.20. The lowest BCUT2D eigenvalue weighted by atomic mass is 10.1. The van der Waals surface area contributed by atoms with Crippen LogP contribution in [0.2, 0.25) is 5.02 Å². The highest BCUT2D eigenvalue weighted by Gasteiger charge is 2.34. The van der Waals surface area contributed by atoms with E-state index in [9.17, 15) is 18.0 Å². The SMILES string of the molecule is O=C(O)CCCCCN(C(=O)c1ccc(Cl)cc1)[C@@H]1CCS(=O)(=O)C1. The first-order chi connectivity index (χ1) is 11.8. The second kappa shape index (κ2) is 8.67. The Morgan fingerprint density at radius 1 is 1.16 bits per heavy atom. The molecule has 1 amide bonds. The third-order valence-electron chi connectivity index (χ3n) is 4.29. The zero-order chi connectivity index (χ0) is 18.4. The molecule has 0 bridgehead atoms. The average Bonchev–Trinajstić information content (AvgIpc) is 2.90. The quantitative estimate of drug-likeness (QED) is 0.692. The standard InChI is InChI=1S/C17H22ClNO5S/c18-14-7-5-13(6-8-14)17(22)19(10-3-1-2-4-16(20)21)15-9-11-25(23,24)12-15/h5-8,15H,1-4,9-12H2,(H,20,21)/t15-/m1/s1. The Hall–Kier alpha value is -1.60. The number of nitrogens with zero attached hydrogens (tertiary/aromatic N) is 1. The van der Waals surface area contributed by atoms with Crippen molar-refractivity contribution in [2.75, 3.05) is 18.1 Å². The Morgan fingerprint density at radius 2 is 1.84 bits per heavy atom. The number of unbranched alkanes of at least 4 members (excludes halogenated alkanes) is 2. The maximum absolute atomic E-state index is 12.8. The number of carbonyl (C=O) groups is 2. The number of amides is 1. The first-order valence-corrected chi connectivity index (χ1v) is 10.5. The number of halogens is 1. The Kier molecular flexibility index (Phi) is 6.84. The van der Waals surface area contributed by atoms with Crippen LogP contribution in [-0.2, 0) is 14.6 Å². The Morgan fingerprint density at radius 3 is 2.40 bits per heavy atom. The normalized spacial score (nSPS) is 18.8. The molecule has 25 heavy (non-hydrogen) atoms. The van der Waals surface area contributed by atoms with E-state index in [1.807, 2.05) is 0 Å². The van der Waals surface area contributed by atoms with Crippen molar-refractivity contribution in [1.29, 1.82) is 0 Å². The fourth-order valence-electron chi connectivity index (χ4n) is 2.96. The van der Waals surface area contributed by atoms with Gasteiger partial charge in [-0.3, -0.25) is 9.59 Å². The van der Waals surface area contributed by atoms with E-state index in [1.165, 1.54) is 0 Å². The molecule has 1 aromatic rings. The Bertz CT molecular complexity index is 717. The van der Waals surface area contributed by atoms with Crippen molar-refractivity contribution in [3.63, 3.8) is 0 Å². The summed E-state index contributed by atoms with van der Waals surface area (Å²) in [7, 11) is -3.10. The van der Waals surface area contributed by atoms with Gasteiger partial charge >= 0.3 is 5.97 Å². The van der Waals surface area contributed by atoms with E-state index in [0.29, 0.717) is 42.8 Å². The second-order valence-electron chi connectivity index (χ2n) is 6.27. The Balaban J connectivity index is 2.04. The van der Waals surface area contributed by atoms with Gasteiger partial charge in [-0.2, -0.15) is 0 Å². The molecule has 1 aliphatic rings. The molecule has 1 atom stereocenters. The van der Waals surface area contributed by atoms with Crippen LogP contribution in [0.15, 0.2) is 24.3 Å². The summed E-state index contributed by atoms with van der Waals surface area (Å²) in [6.45, 7) is 0.418. The second-order valence-corrected chi connectivity index (χ2v) is 8.93. The van der Waals surface area contributed by atoms with Crippen LogP contribution in [0.5, 0.6) is 0 Å². The maximum Gasteiger partial charge on any atom is 0.303 e. The molecule has 0 aromatic heterocycles. The minimum Gasteiger partial charge on any atom is -0.481 e. The van der Waals surface area contributed by atoms with E-state index in [4.69, 9.17) is 16.7 Å². The first kappa shape index (κ1) is 19.7. The van der Waals surface area contributed by atoms with Crippen LogP contribution < -0.4 is 0 Å². The van der Waals surface area contributed by atoms with Gasteiger partial charge in [0.05, 0.1) is 11.5 Å². The van der Waals surface area contributed by atoms with Crippen LogP contribution in [0, 0.1) is 0 Å². The highest BCUT2D eigenvalue weighted by atomic mass is 35.5. The van der Waals surface area contributed by atoms with E-state index >= 15 is 0 Å². The molecule has 1 saturated heterocycles. The minimum absolute atomic E-state index is 0.0124. The smallest absolute Gasteiger partial charge is 0.303 e. The van der Waals surface area contributed by atoms with Crippen LogP contribution in [0.4, 0.5) is 0 Å². The molecule has 1 fully saturated rings. The summed E-state index contributed by atoms with van der Waals surface area (Å²) in [4.78, 5) is 25.0. The number of hydrogen-bond donors (Lipinski definition) is 1. The summed E-state index contributed by atoms with van der Waals surface area (Å²) >= 11 is 5.85. The van der Waals surface area contributed by atoms with Crippen molar-refractivity contribution >= 4 is 33.3 Å². The van der Waals surface area contributed by atoms with E-state index in [-0.39, 0.29) is 29.9 Å². The molecule has 0 unspecified atom stereocenters. The molecule has 0 spiro atoms. The summed E-state index contributed by atoms with van der Waals surface area (Å²) in [5, 5.41) is 9.20. The molecular weight excluding hydrogens is 366 g/mol. The van der Waals surface area contributed by atoms with Crippen molar-refractivity contribution in [1.82, 2.24) is 4.90 Å². The number of carbonyl (C=O) groups excluding carboxylic acids is 1. The van der Waals surface area contributed by atoms with Gasteiger partial charge in [-0.1, -0.05) is 18.0 Å². The number of aliphatic carboxylic acids is 1. The fraction of sp³-hybridized carbons (Fsp3) is 0.529. The van der Waals surface area contributed by atoms with Gasteiger partial charge in [0.15, 0.2) is 9.84 Å². The number of carboxylic acid groups (broad SMARTS) is 1. The van der Waals surface area contributed by atoms with Crippen LogP contribution in [0.25, 0.3) is 0 Å². The number of hydrogen-bond acceptors (Lipinski definition) is 4. The molecule has 8 heteroatoms. The van der Waals surface area contributed by atoms with Crippen molar-refractivity contribution in [2.45, 2.75) is 38.1 Å².